The maximum Gasteiger partial charge on any atom is 0.255 e. The van der Waals surface area contributed by atoms with Crippen LogP contribution in [0.2, 0.25) is 0 Å². The lowest BCUT2D eigenvalue weighted by Crippen LogP contribution is -2.42. The standard InChI is InChI=1S/C27H24FN3O4/c28-18-6-3-5-17(13-18)16-35-21-8-4-7-19(14-21)30-24(32)15-29-26(33)25-22-9-1-2-10-23(22)27(34)31(25)20-11-12-20/h1-10,13-14,20,25H,11-12,15-16H2,(H,29,33)(H,30,32). The highest BCUT2D eigenvalue weighted by Crippen LogP contribution is 2.41. The van der Waals surface area contributed by atoms with E-state index in [2.05, 4.69) is 10.6 Å². The summed E-state index contributed by atoms with van der Waals surface area (Å²) >= 11 is 0. The van der Waals surface area contributed by atoms with Gasteiger partial charge >= 0.3 is 0 Å². The lowest BCUT2D eigenvalue weighted by atomic mass is 10.0. The average molecular weight is 474 g/mol. The van der Waals surface area contributed by atoms with Crippen LogP contribution in [0.5, 0.6) is 5.75 Å². The van der Waals surface area contributed by atoms with Gasteiger partial charge in [-0.05, 0) is 54.3 Å². The lowest BCUT2D eigenvalue weighted by molar-refractivity contribution is -0.127. The number of rotatable bonds is 8. The first-order chi connectivity index (χ1) is 17.0. The summed E-state index contributed by atoms with van der Waals surface area (Å²) in [6.45, 7) is -0.0527. The van der Waals surface area contributed by atoms with E-state index in [1.165, 1.54) is 12.1 Å². The Kier molecular flexibility index (Phi) is 6.18. The molecule has 1 aliphatic carbocycles. The Hall–Kier alpha value is -4.20. The zero-order valence-corrected chi connectivity index (χ0v) is 18.9. The fraction of sp³-hybridized carbons (Fsp3) is 0.222. The highest BCUT2D eigenvalue weighted by atomic mass is 19.1. The van der Waals surface area contributed by atoms with Gasteiger partial charge in [-0.2, -0.15) is 0 Å². The third-order valence-corrected chi connectivity index (χ3v) is 6.02. The summed E-state index contributed by atoms with van der Waals surface area (Å²) < 4.78 is 19.0. The number of hydrogen-bond donors (Lipinski definition) is 2. The molecule has 0 saturated heterocycles. The number of carbonyl (C=O) groups excluding carboxylic acids is 3. The third-order valence-electron chi connectivity index (χ3n) is 6.02. The molecule has 7 nitrogen and oxygen atoms in total. The highest BCUT2D eigenvalue weighted by Gasteiger charge is 2.47. The van der Waals surface area contributed by atoms with Gasteiger partial charge in [-0.1, -0.05) is 36.4 Å². The maximum atomic E-state index is 13.3. The first kappa shape index (κ1) is 22.6. The first-order valence-corrected chi connectivity index (χ1v) is 11.5. The van der Waals surface area contributed by atoms with Crippen molar-refractivity contribution in [2.45, 2.75) is 31.5 Å². The van der Waals surface area contributed by atoms with E-state index in [4.69, 9.17) is 4.74 Å². The minimum absolute atomic E-state index is 0.0644. The van der Waals surface area contributed by atoms with Crippen molar-refractivity contribution in [1.82, 2.24) is 10.2 Å². The molecule has 0 bridgehead atoms. The van der Waals surface area contributed by atoms with Gasteiger partial charge in [-0.15, -0.1) is 0 Å². The van der Waals surface area contributed by atoms with Crippen LogP contribution in [-0.2, 0) is 16.2 Å². The zero-order chi connectivity index (χ0) is 24.4. The number of amides is 3. The summed E-state index contributed by atoms with van der Waals surface area (Å²) in [4.78, 5) is 40.0. The van der Waals surface area contributed by atoms with Crippen LogP contribution in [-0.4, -0.2) is 35.2 Å². The summed E-state index contributed by atoms with van der Waals surface area (Å²) in [5, 5.41) is 5.41. The summed E-state index contributed by atoms with van der Waals surface area (Å²) in [5.74, 6) is -0.742. The van der Waals surface area contributed by atoms with Gasteiger partial charge in [0.25, 0.3) is 5.91 Å². The number of fused-ring (bicyclic) bond motifs is 1. The first-order valence-electron chi connectivity index (χ1n) is 11.5. The predicted octanol–water partition coefficient (Wildman–Crippen LogP) is 3.82. The number of nitrogens with one attached hydrogen (secondary N) is 2. The van der Waals surface area contributed by atoms with E-state index >= 15 is 0 Å². The number of halogens is 1. The van der Waals surface area contributed by atoms with Gasteiger partial charge in [0, 0.05) is 23.4 Å². The molecule has 178 valence electrons. The van der Waals surface area contributed by atoms with Crippen molar-refractivity contribution in [3.8, 4) is 5.75 Å². The molecule has 1 aliphatic heterocycles. The molecule has 1 atom stereocenters. The van der Waals surface area contributed by atoms with E-state index < -0.39 is 11.9 Å². The average Bonchev–Trinajstić information content (AvgIpc) is 3.65. The lowest BCUT2D eigenvalue weighted by Gasteiger charge is -2.24. The van der Waals surface area contributed by atoms with Crippen molar-refractivity contribution in [3.63, 3.8) is 0 Å². The van der Waals surface area contributed by atoms with Crippen molar-refractivity contribution in [2.24, 2.45) is 0 Å². The van der Waals surface area contributed by atoms with E-state index in [-0.39, 0.29) is 36.8 Å². The minimum atomic E-state index is -0.724. The van der Waals surface area contributed by atoms with Crippen molar-refractivity contribution < 1.29 is 23.5 Å². The summed E-state index contributed by atoms with van der Waals surface area (Å²) in [5.41, 5.74) is 2.40. The van der Waals surface area contributed by atoms with Crippen molar-refractivity contribution in [1.29, 1.82) is 0 Å². The molecule has 1 saturated carbocycles. The molecule has 2 aliphatic rings. The van der Waals surface area contributed by atoms with Crippen LogP contribution in [0.15, 0.2) is 72.8 Å². The SMILES string of the molecule is O=C(CNC(=O)C1c2ccccc2C(=O)N1C1CC1)Nc1cccc(OCc2cccc(F)c2)c1. The number of hydrogen-bond acceptors (Lipinski definition) is 4. The van der Waals surface area contributed by atoms with Crippen LogP contribution in [0.3, 0.4) is 0 Å². The molecule has 1 fully saturated rings. The molecule has 3 aromatic rings. The van der Waals surface area contributed by atoms with Crippen molar-refractivity contribution in [2.75, 3.05) is 11.9 Å². The van der Waals surface area contributed by atoms with Gasteiger partial charge in [-0.3, -0.25) is 14.4 Å². The largest absolute Gasteiger partial charge is 0.489 e. The van der Waals surface area contributed by atoms with Crippen LogP contribution in [0.25, 0.3) is 0 Å². The van der Waals surface area contributed by atoms with Gasteiger partial charge in [0.15, 0.2) is 0 Å². The fourth-order valence-corrected chi connectivity index (χ4v) is 4.26. The normalized spacial score (nSPS) is 16.5. The molecule has 0 aromatic heterocycles. The molecule has 5 rings (SSSR count). The predicted molar refractivity (Wildman–Crippen MR) is 127 cm³/mol. The minimum Gasteiger partial charge on any atom is -0.489 e. The van der Waals surface area contributed by atoms with Gasteiger partial charge in [0.2, 0.25) is 11.8 Å². The highest BCUT2D eigenvalue weighted by molar-refractivity contribution is 6.05. The molecule has 3 amide bonds. The van der Waals surface area contributed by atoms with E-state index in [0.29, 0.717) is 28.1 Å². The Morgan fingerprint density at radius 2 is 1.80 bits per heavy atom. The van der Waals surface area contributed by atoms with Crippen LogP contribution in [0, 0.1) is 5.82 Å². The van der Waals surface area contributed by atoms with Gasteiger partial charge in [0.1, 0.15) is 24.2 Å². The third kappa shape index (κ3) is 5.01. The van der Waals surface area contributed by atoms with Gasteiger partial charge in [0.05, 0.1) is 6.54 Å². The van der Waals surface area contributed by atoms with Gasteiger partial charge < -0.3 is 20.3 Å². The monoisotopic (exact) mass is 473 g/mol. The quantitative estimate of drug-likeness (QED) is 0.521. The summed E-state index contributed by atoms with van der Waals surface area (Å²) in [7, 11) is 0. The topological polar surface area (TPSA) is 87.7 Å². The second-order valence-corrected chi connectivity index (χ2v) is 8.65. The summed E-state index contributed by atoms with van der Waals surface area (Å²) in [6.07, 6.45) is 1.75. The maximum absolute atomic E-state index is 13.3. The van der Waals surface area contributed by atoms with Gasteiger partial charge in [-0.25, -0.2) is 4.39 Å². The Balaban J connectivity index is 1.18. The molecule has 8 heteroatoms. The molecule has 0 radical (unpaired) electrons. The number of benzene rings is 3. The van der Waals surface area contributed by atoms with Crippen LogP contribution < -0.4 is 15.4 Å². The van der Waals surface area contributed by atoms with Crippen LogP contribution >= 0.6 is 0 Å². The molecule has 35 heavy (non-hydrogen) atoms. The fourth-order valence-electron chi connectivity index (χ4n) is 4.26. The molecule has 2 N–H and O–H groups in total. The molecule has 1 heterocycles. The van der Waals surface area contributed by atoms with E-state index in [1.807, 2.05) is 0 Å². The van der Waals surface area contributed by atoms with E-state index in [0.717, 1.165) is 12.8 Å². The number of ether oxygens (including phenoxy) is 1. The molecular weight excluding hydrogens is 449 g/mol. The number of nitrogens with zero attached hydrogens (tertiary/aromatic N) is 1. The number of anilines is 1. The Labute approximate surface area is 201 Å². The second-order valence-electron chi connectivity index (χ2n) is 8.65. The summed E-state index contributed by atoms with van der Waals surface area (Å²) in [6, 6.07) is 19.4. The Morgan fingerprint density at radius 3 is 2.60 bits per heavy atom. The molecule has 1 unspecified atom stereocenters. The second kappa shape index (κ2) is 9.58. The smallest absolute Gasteiger partial charge is 0.255 e. The Bertz CT molecular complexity index is 1290. The molecule has 3 aromatic carbocycles. The zero-order valence-electron chi connectivity index (χ0n) is 18.9. The van der Waals surface area contributed by atoms with E-state index in [9.17, 15) is 18.8 Å². The van der Waals surface area contributed by atoms with Crippen molar-refractivity contribution in [3.05, 3.63) is 95.3 Å². The molecular formula is C27H24FN3O4. The van der Waals surface area contributed by atoms with Crippen LogP contribution in [0.4, 0.5) is 10.1 Å². The Morgan fingerprint density at radius 1 is 1.00 bits per heavy atom. The molecule has 0 spiro atoms. The van der Waals surface area contributed by atoms with E-state index in [1.54, 1.807) is 65.6 Å². The number of carbonyl (C=O) groups is 3. The van der Waals surface area contributed by atoms with Crippen LogP contribution in [0.1, 0.15) is 40.4 Å². The van der Waals surface area contributed by atoms with Crippen molar-refractivity contribution >= 4 is 23.4 Å².